The molecule has 0 aromatic heterocycles. The summed E-state index contributed by atoms with van der Waals surface area (Å²) in [7, 11) is 1.29. The Hall–Kier alpha value is -3.62. The molecule has 7 nitrogen and oxygen atoms in total. The number of aliphatic imine (C=N–C) groups is 1. The summed E-state index contributed by atoms with van der Waals surface area (Å²) >= 11 is 7.20. The van der Waals surface area contributed by atoms with Crippen molar-refractivity contribution in [2.75, 3.05) is 12.0 Å². The molecule has 0 saturated carbocycles. The van der Waals surface area contributed by atoms with Gasteiger partial charge in [0, 0.05) is 18.0 Å². The molecule has 1 atom stereocenters. The van der Waals surface area contributed by atoms with Crippen LogP contribution in [0, 0.1) is 0 Å². The summed E-state index contributed by atoms with van der Waals surface area (Å²) in [6.07, 6.45) is 0.0366. The zero-order valence-corrected chi connectivity index (χ0v) is 20.4. The number of benzene rings is 3. The van der Waals surface area contributed by atoms with Crippen molar-refractivity contribution in [1.29, 1.82) is 0 Å². The van der Waals surface area contributed by atoms with Crippen LogP contribution in [0.3, 0.4) is 0 Å². The Bertz CT molecular complexity index is 1250. The highest BCUT2D eigenvalue weighted by atomic mass is 35.5. The lowest BCUT2D eigenvalue weighted by molar-refractivity contribution is -0.121. The van der Waals surface area contributed by atoms with Crippen molar-refractivity contribution in [2.45, 2.75) is 18.2 Å². The molecule has 3 aromatic carbocycles. The number of hydrogen-bond acceptors (Lipinski definition) is 6. The fourth-order valence-electron chi connectivity index (χ4n) is 3.48. The molecule has 0 bridgehead atoms. The Morgan fingerprint density at radius 2 is 1.74 bits per heavy atom. The number of nitrogens with one attached hydrogen (secondary N) is 1. The van der Waals surface area contributed by atoms with Gasteiger partial charge in [0.25, 0.3) is 0 Å². The van der Waals surface area contributed by atoms with Crippen LogP contribution in [0.15, 0.2) is 83.9 Å². The number of hydrogen-bond donors (Lipinski definition) is 1. The van der Waals surface area contributed by atoms with E-state index in [2.05, 4.69) is 10.3 Å². The number of carbonyl (C=O) groups is 3. The van der Waals surface area contributed by atoms with Crippen LogP contribution in [0.4, 0.5) is 11.4 Å². The summed E-state index contributed by atoms with van der Waals surface area (Å²) in [5, 5.41) is 3.76. The van der Waals surface area contributed by atoms with Gasteiger partial charge in [0.1, 0.15) is 5.25 Å². The predicted octanol–water partition coefficient (Wildman–Crippen LogP) is 4.97. The van der Waals surface area contributed by atoms with Crippen LogP contribution in [-0.2, 0) is 20.9 Å². The third kappa shape index (κ3) is 6.09. The Balaban J connectivity index is 1.53. The maximum absolute atomic E-state index is 13.2. The number of imide groups is 1. The van der Waals surface area contributed by atoms with Gasteiger partial charge in [-0.1, -0.05) is 53.7 Å². The van der Waals surface area contributed by atoms with Crippen molar-refractivity contribution >= 4 is 57.7 Å². The van der Waals surface area contributed by atoms with Gasteiger partial charge in [-0.05, 0) is 54.1 Å². The number of carbonyl (C=O) groups excluding carboxylic acids is 3. The van der Waals surface area contributed by atoms with Crippen molar-refractivity contribution in [2.24, 2.45) is 4.99 Å². The van der Waals surface area contributed by atoms with E-state index in [9.17, 15) is 14.4 Å². The first-order valence-electron chi connectivity index (χ1n) is 10.8. The summed E-state index contributed by atoms with van der Waals surface area (Å²) < 4.78 is 4.70. The van der Waals surface area contributed by atoms with Gasteiger partial charge in [-0.3, -0.25) is 9.59 Å². The van der Waals surface area contributed by atoms with Gasteiger partial charge in [-0.25, -0.2) is 14.7 Å². The number of ether oxygens (including phenoxy) is 1. The molecule has 0 radical (unpaired) electrons. The average Bonchev–Trinajstić information content (AvgIpc) is 3.16. The number of methoxy groups -OCH3 is 1. The second-order valence-electron chi connectivity index (χ2n) is 7.65. The van der Waals surface area contributed by atoms with Crippen molar-refractivity contribution < 1.29 is 19.1 Å². The van der Waals surface area contributed by atoms with Crippen LogP contribution in [0.5, 0.6) is 0 Å². The molecular weight excluding hydrogens is 486 g/mol. The largest absolute Gasteiger partial charge is 0.465 e. The molecule has 1 unspecified atom stereocenters. The number of amidine groups is 1. The molecule has 3 aromatic rings. The van der Waals surface area contributed by atoms with E-state index in [0.717, 1.165) is 10.5 Å². The van der Waals surface area contributed by atoms with Gasteiger partial charge >= 0.3 is 5.97 Å². The lowest BCUT2D eigenvalue weighted by Gasteiger charge is -2.16. The highest BCUT2D eigenvalue weighted by Crippen LogP contribution is 2.31. The second-order valence-corrected chi connectivity index (χ2v) is 9.28. The van der Waals surface area contributed by atoms with Crippen molar-refractivity contribution in [3.05, 3.63) is 95.0 Å². The molecule has 9 heteroatoms. The SMILES string of the molecule is COC(=O)c1ccc(N2C(=O)CC(S/C(=N\c3ccc(Cl)cc3)NCc3ccccc3)C2=O)cc1. The van der Waals surface area contributed by atoms with Crippen LogP contribution in [0.2, 0.25) is 5.02 Å². The minimum atomic E-state index is -0.642. The third-order valence-corrected chi connectivity index (χ3v) is 6.61. The van der Waals surface area contributed by atoms with Gasteiger partial charge in [0.2, 0.25) is 11.8 Å². The molecule has 1 fully saturated rings. The Kier molecular flexibility index (Phi) is 7.84. The van der Waals surface area contributed by atoms with E-state index < -0.39 is 11.2 Å². The number of amides is 2. The first-order chi connectivity index (χ1) is 16.9. The first-order valence-corrected chi connectivity index (χ1v) is 12.0. The fraction of sp³-hybridized carbons (Fsp3) is 0.154. The van der Waals surface area contributed by atoms with E-state index in [1.54, 1.807) is 36.4 Å². The molecule has 1 aliphatic heterocycles. The van der Waals surface area contributed by atoms with Gasteiger partial charge in [0.05, 0.1) is 24.0 Å². The normalized spacial score (nSPS) is 15.9. The first kappa shape index (κ1) is 24.5. The van der Waals surface area contributed by atoms with Crippen LogP contribution >= 0.6 is 23.4 Å². The summed E-state index contributed by atoms with van der Waals surface area (Å²) in [6, 6.07) is 23.0. The Morgan fingerprint density at radius 3 is 2.40 bits per heavy atom. The molecule has 2 amide bonds. The maximum Gasteiger partial charge on any atom is 0.337 e. The number of thioether (sulfide) groups is 1. The zero-order valence-electron chi connectivity index (χ0n) is 18.8. The Morgan fingerprint density at radius 1 is 1.06 bits per heavy atom. The number of halogens is 1. The minimum absolute atomic E-state index is 0.0366. The minimum Gasteiger partial charge on any atom is -0.465 e. The van der Waals surface area contributed by atoms with Crippen LogP contribution < -0.4 is 10.2 Å². The maximum atomic E-state index is 13.2. The summed E-state index contributed by atoms with van der Waals surface area (Å²) in [5.74, 6) is -1.14. The molecule has 35 heavy (non-hydrogen) atoms. The topological polar surface area (TPSA) is 88.1 Å². The molecular formula is C26H22ClN3O4S. The van der Waals surface area contributed by atoms with Gasteiger partial charge in [0.15, 0.2) is 5.17 Å². The monoisotopic (exact) mass is 507 g/mol. The number of nitrogens with zero attached hydrogens (tertiary/aromatic N) is 2. The molecule has 4 rings (SSSR count). The number of rotatable bonds is 6. The summed E-state index contributed by atoms with van der Waals surface area (Å²) in [6.45, 7) is 0.508. The zero-order chi connectivity index (χ0) is 24.8. The molecule has 1 N–H and O–H groups in total. The van der Waals surface area contributed by atoms with E-state index in [-0.39, 0.29) is 18.2 Å². The number of esters is 1. The van der Waals surface area contributed by atoms with Crippen LogP contribution in [0.1, 0.15) is 22.3 Å². The highest BCUT2D eigenvalue weighted by Gasteiger charge is 2.40. The van der Waals surface area contributed by atoms with Crippen molar-refractivity contribution in [1.82, 2.24) is 5.32 Å². The standard InChI is InChI=1S/C26H22ClN3O4S/c1-34-25(33)18-7-13-21(14-8-18)30-23(31)15-22(24(30)32)35-26(28-16-17-5-3-2-4-6-17)29-20-11-9-19(27)10-12-20/h2-14,22H,15-16H2,1H3,(H,28,29). The quantitative estimate of drug-likeness (QED) is 0.219. The van der Waals surface area contributed by atoms with Crippen molar-refractivity contribution in [3.8, 4) is 0 Å². The van der Waals surface area contributed by atoms with Crippen molar-refractivity contribution in [3.63, 3.8) is 0 Å². The molecule has 0 spiro atoms. The Labute approximate surface area is 212 Å². The molecule has 1 heterocycles. The van der Waals surface area contributed by atoms with E-state index >= 15 is 0 Å². The molecule has 1 saturated heterocycles. The predicted molar refractivity (Wildman–Crippen MR) is 138 cm³/mol. The van der Waals surface area contributed by atoms with Gasteiger partial charge < -0.3 is 10.1 Å². The summed E-state index contributed by atoms with van der Waals surface area (Å²) in [5.41, 5.74) is 2.47. The lowest BCUT2D eigenvalue weighted by atomic mass is 10.2. The van der Waals surface area contributed by atoms with E-state index in [4.69, 9.17) is 16.3 Å². The van der Waals surface area contributed by atoms with Crippen LogP contribution in [-0.4, -0.2) is 35.3 Å². The lowest BCUT2D eigenvalue weighted by Crippen LogP contribution is -2.32. The summed E-state index contributed by atoms with van der Waals surface area (Å²) in [4.78, 5) is 43.4. The highest BCUT2D eigenvalue weighted by molar-refractivity contribution is 8.15. The van der Waals surface area contributed by atoms with Gasteiger partial charge in [-0.2, -0.15) is 0 Å². The average molecular weight is 508 g/mol. The molecule has 0 aliphatic carbocycles. The number of anilines is 1. The smallest absolute Gasteiger partial charge is 0.337 e. The van der Waals surface area contributed by atoms with Crippen LogP contribution in [0.25, 0.3) is 0 Å². The van der Waals surface area contributed by atoms with E-state index in [1.165, 1.54) is 31.0 Å². The second kappa shape index (κ2) is 11.2. The van der Waals surface area contributed by atoms with E-state index in [1.807, 2.05) is 30.3 Å². The van der Waals surface area contributed by atoms with E-state index in [0.29, 0.717) is 33.7 Å². The molecule has 178 valence electrons. The molecule has 1 aliphatic rings. The van der Waals surface area contributed by atoms with Gasteiger partial charge in [-0.15, -0.1) is 0 Å². The third-order valence-electron chi connectivity index (χ3n) is 5.25. The fourth-order valence-corrected chi connectivity index (χ4v) is 4.62.